The topological polar surface area (TPSA) is 29.3 Å². The van der Waals surface area contributed by atoms with Crippen LogP contribution in [0.3, 0.4) is 0 Å². The predicted octanol–water partition coefficient (Wildman–Crippen LogP) is 4.43. The van der Waals surface area contributed by atoms with Gasteiger partial charge in [-0.05, 0) is 38.9 Å². The van der Waals surface area contributed by atoms with E-state index in [0.29, 0.717) is 12.0 Å². The number of rotatable bonds is 13. The van der Waals surface area contributed by atoms with Crippen molar-refractivity contribution in [3.8, 4) is 0 Å². The van der Waals surface area contributed by atoms with E-state index in [9.17, 15) is 0 Å². The highest BCUT2D eigenvalue weighted by molar-refractivity contribution is 4.67. The molecule has 0 aliphatic rings. The Kier molecular flexibility index (Phi) is 12.9. The monoisotopic (exact) mass is 270 g/mol. The molecule has 0 saturated carbocycles. The summed E-state index contributed by atoms with van der Waals surface area (Å²) in [6.45, 7) is 9.09. The molecule has 0 rings (SSSR count). The van der Waals surface area contributed by atoms with E-state index in [1.807, 2.05) is 0 Å². The molecule has 116 valence electrons. The number of nitrogens with two attached hydrogens (primary N) is 1. The van der Waals surface area contributed by atoms with Gasteiger partial charge in [0, 0.05) is 6.04 Å². The van der Waals surface area contributed by atoms with Crippen molar-refractivity contribution in [2.45, 2.75) is 84.6 Å². The molecule has 0 bridgehead atoms. The number of hydrogen-bond acceptors (Lipinski definition) is 2. The zero-order chi connectivity index (χ0) is 14.5. The van der Waals surface area contributed by atoms with Crippen LogP contribution in [0.15, 0.2) is 0 Å². The highest BCUT2D eigenvalue weighted by atomic mass is 15.1. The second-order valence-corrected chi connectivity index (χ2v) is 6.47. The first-order valence-electron chi connectivity index (χ1n) is 8.52. The minimum atomic E-state index is 0.362. The third-order valence-corrected chi connectivity index (χ3v) is 4.09. The summed E-state index contributed by atoms with van der Waals surface area (Å²) in [6.07, 6.45) is 12.4. The smallest absolute Gasteiger partial charge is 0.00740 e. The van der Waals surface area contributed by atoms with E-state index in [0.717, 1.165) is 13.0 Å². The van der Waals surface area contributed by atoms with Crippen LogP contribution in [-0.2, 0) is 0 Å². The van der Waals surface area contributed by atoms with Crippen LogP contribution in [0.25, 0.3) is 0 Å². The van der Waals surface area contributed by atoms with Crippen molar-refractivity contribution in [1.29, 1.82) is 0 Å². The Hall–Kier alpha value is -0.0800. The van der Waals surface area contributed by atoms with Gasteiger partial charge in [-0.3, -0.25) is 0 Å². The Morgan fingerprint density at radius 2 is 1.37 bits per heavy atom. The van der Waals surface area contributed by atoms with Crippen LogP contribution >= 0.6 is 0 Å². The molecular formula is C17H38N2. The molecule has 2 N–H and O–H groups in total. The maximum Gasteiger partial charge on any atom is 0.00740 e. The van der Waals surface area contributed by atoms with Gasteiger partial charge >= 0.3 is 0 Å². The van der Waals surface area contributed by atoms with Crippen molar-refractivity contribution in [2.75, 3.05) is 20.1 Å². The average Bonchev–Trinajstić information content (AvgIpc) is 2.38. The molecule has 0 spiro atoms. The van der Waals surface area contributed by atoms with E-state index in [4.69, 9.17) is 5.73 Å². The molecule has 0 fully saturated rings. The van der Waals surface area contributed by atoms with Gasteiger partial charge in [-0.15, -0.1) is 0 Å². The fourth-order valence-electron chi connectivity index (χ4n) is 2.33. The molecule has 0 heterocycles. The van der Waals surface area contributed by atoms with Crippen molar-refractivity contribution in [2.24, 2.45) is 11.7 Å². The molecule has 2 heteroatoms. The van der Waals surface area contributed by atoms with E-state index in [1.165, 1.54) is 57.9 Å². The zero-order valence-corrected chi connectivity index (χ0v) is 14.0. The molecule has 0 aromatic heterocycles. The summed E-state index contributed by atoms with van der Waals surface area (Å²) < 4.78 is 0. The summed E-state index contributed by atoms with van der Waals surface area (Å²) in [5.74, 6) is 0.608. The van der Waals surface area contributed by atoms with Gasteiger partial charge in [0.05, 0.1) is 0 Å². The molecule has 0 amide bonds. The van der Waals surface area contributed by atoms with Crippen molar-refractivity contribution in [3.05, 3.63) is 0 Å². The minimum absolute atomic E-state index is 0.362. The summed E-state index contributed by atoms with van der Waals surface area (Å²) in [5.41, 5.74) is 6.07. The van der Waals surface area contributed by atoms with Crippen LogP contribution < -0.4 is 5.73 Å². The fraction of sp³-hybridized carbons (Fsp3) is 1.00. The lowest BCUT2D eigenvalue weighted by molar-refractivity contribution is 0.295. The van der Waals surface area contributed by atoms with Crippen molar-refractivity contribution < 1.29 is 0 Å². The average molecular weight is 271 g/mol. The van der Waals surface area contributed by atoms with E-state index in [-0.39, 0.29) is 0 Å². The van der Waals surface area contributed by atoms with Crippen LogP contribution in [0.5, 0.6) is 0 Å². The molecule has 1 atom stereocenters. The highest BCUT2D eigenvalue weighted by Crippen LogP contribution is 2.09. The summed E-state index contributed by atoms with van der Waals surface area (Å²) in [7, 11) is 2.23. The largest absolute Gasteiger partial charge is 0.327 e. The normalized spacial score (nSPS) is 13.4. The first-order chi connectivity index (χ1) is 9.07. The van der Waals surface area contributed by atoms with Crippen molar-refractivity contribution >= 4 is 0 Å². The van der Waals surface area contributed by atoms with E-state index in [2.05, 4.69) is 32.7 Å². The van der Waals surface area contributed by atoms with Gasteiger partial charge in [-0.2, -0.15) is 0 Å². The van der Waals surface area contributed by atoms with Crippen LogP contribution in [0.1, 0.15) is 78.6 Å². The van der Waals surface area contributed by atoms with Gasteiger partial charge in [0.15, 0.2) is 0 Å². The molecule has 0 aromatic carbocycles. The molecule has 0 aliphatic heterocycles. The maximum atomic E-state index is 6.07. The second-order valence-electron chi connectivity index (χ2n) is 6.47. The maximum absolute atomic E-state index is 6.07. The fourth-order valence-corrected chi connectivity index (χ4v) is 2.33. The van der Waals surface area contributed by atoms with E-state index in [1.54, 1.807) is 0 Å². The predicted molar refractivity (Wildman–Crippen MR) is 87.5 cm³/mol. The summed E-state index contributed by atoms with van der Waals surface area (Å²) in [4.78, 5) is 2.44. The quantitative estimate of drug-likeness (QED) is 0.502. The molecule has 2 nitrogen and oxygen atoms in total. The summed E-state index contributed by atoms with van der Waals surface area (Å²) in [6, 6.07) is 0.362. The third kappa shape index (κ3) is 12.7. The van der Waals surface area contributed by atoms with Gasteiger partial charge in [-0.1, -0.05) is 65.7 Å². The lowest BCUT2D eigenvalue weighted by Gasteiger charge is -2.21. The van der Waals surface area contributed by atoms with Gasteiger partial charge in [0.1, 0.15) is 0 Å². The molecule has 0 aromatic rings. The Morgan fingerprint density at radius 3 is 1.89 bits per heavy atom. The van der Waals surface area contributed by atoms with Crippen molar-refractivity contribution in [3.63, 3.8) is 0 Å². The number of unbranched alkanes of at least 4 members (excludes halogenated alkanes) is 7. The summed E-state index contributed by atoms with van der Waals surface area (Å²) >= 11 is 0. The van der Waals surface area contributed by atoms with Crippen molar-refractivity contribution in [1.82, 2.24) is 4.90 Å². The Labute approximate surface area is 122 Å². The standard InChI is InChI=1S/C17H38N2/c1-5-6-7-8-9-10-11-12-14-19(4)15-13-17(18)16(2)3/h16-17H,5-15,18H2,1-4H3. The zero-order valence-electron chi connectivity index (χ0n) is 14.0. The molecule has 0 saturated heterocycles. The Balaban J connectivity index is 3.27. The van der Waals surface area contributed by atoms with Crippen LogP contribution in [-0.4, -0.2) is 31.1 Å². The molecule has 1 unspecified atom stereocenters. The van der Waals surface area contributed by atoms with Gasteiger partial charge in [0.2, 0.25) is 0 Å². The lowest BCUT2D eigenvalue weighted by atomic mass is 10.0. The van der Waals surface area contributed by atoms with Gasteiger partial charge in [-0.25, -0.2) is 0 Å². The Morgan fingerprint density at radius 1 is 0.842 bits per heavy atom. The van der Waals surface area contributed by atoms with Crippen LogP contribution in [0, 0.1) is 5.92 Å². The van der Waals surface area contributed by atoms with E-state index < -0.39 is 0 Å². The SMILES string of the molecule is CCCCCCCCCCN(C)CCC(N)C(C)C. The molecule has 0 aliphatic carbocycles. The molecule has 0 radical (unpaired) electrons. The van der Waals surface area contributed by atoms with Gasteiger partial charge < -0.3 is 10.6 Å². The Bertz CT molecular complexity index is 180. The second kappa shape index (κ2) is 12.9. The number of hydrogen-bond donors (Lipinski definition) is 1. The van der Waals surface area contributed by atoms with Gasteiger partial charge in [0.25, 0.3) is 0 Å². The van der Waals surface area contributed by atoms with E-state index >= 15 is 0 Å². The molecule has 19 heavy (non-hydrogen) atoms. The highest BCUT2D eigenvalue weighted by Gasteiger charge is 2.08. The van der Waals surface area contributed by atoms with Crippen LogP contribution in [0.4, 0.5) is 0 Å². The first-order valence-corrected chi connectivity index (χ1v) is 8.52. The minimum Gasteiger partial charge on any atom is -0.327 e. The first kappa shape index (κ1) is 18.9. The lowest BCUT2D eigenvalue weighted by Crippen LogP contribution is -2.32. The third-order valence-electron chi connectivity index (χ3n) is 4.09. The molecular weight excluding hydrogens is 232 g/mol. The number of nitrogens with zero attached hydrogens (tertiary/aromatic N) is 1. The van der Waals surface area contributed by atoms with Crippen LogP contribution in [0.2, 0.25) is 0 Å². The summed E-state index contributed by atoms with van der Waals surface area (Å²) in [5, 5.41) is 0.